The Hall–Kier alpha value is -0.550. The summed E-state index contributed by atoms with van der Waals surface area (Å²) in [6, 6.07) is 2.54. The molecule has 2 nitrogen and oxygen atoms in total. The van der Waals surface area contributed by atoms with E-state index in [1.54, 1.807) is 0 Å². The third-order valence-corrected chi connectivity index (χ3v) is 5.32. The monoisotopic (exact) mass is 235 g/mol. The van der Waals surface area contributed by atoms with Crippen LogP contribution in [0.15, 0.2) is 0 Å². The van der Waals surface area contributed by atoms with Gasteiger partial charge in [0.05, 0.1) is 17.1 Å². The van der Waals surface area contributed by atoms with Crippen LogP contribution in [-0.4, -0.2) is 10.7 Å². The lowest BCUT2D eigenvalue weighted by Crippen LogP contribution is -2.52. The van der Waals surface area contributed by atoms with Gasteiger partial charge in [0.1, 0.15) is 0 Å². The molecule has 2 heteroatoms. The SMILES string of the molecule is CCC1CCCC1(O)C1(C#N)CCCC(C)C1. The first-order chi connectivity index (χ1) is 8.08. The average molecular weight is 235 g/mol. The van der Waals surface area contributed by atoms with Crippen LogP contribution in [0.25, 0.3) is 0 Å². The fraction of sp³-hybridized carbons (Fsp3) is 0.933. The Bertz CT molecular complexity index is 321. The second kappa shape index (κ2) is 4.61. The van der Waals surface area contributed by atoms with Gasteiger partial charge in [-0.2, -0.15) is 5.26 Å². The highest BCUT2D eigenvalue weighted by atomic mass is 16.3. The van der Waals surface area contributed by atoms with E-state index in [1.165, 1.54) is 6.42 Å². The van der Waals surface area contributed by atoms with Crippen LogP contribution in [0, 0.1) is 28.6 Å². The highest BCUT2D eigenvalue weighted by molar-refractivity contribution is 5.16. The van der Waals surface area contributed by atoms with Crippen LogP contribution < -0.4 is 0 Å². The maximum Gasteiger partial charge on any atom is 0.0865 e. The van der Waals surface area contributed by atoms with Gasteiger partial charge in [-0.05, 0) is 37.5 Å². The molecular formula is C15H25NO. The van der Waals surface area contributed by atoms with Crippen molar-refractivity contribution >= 4 is 0 Å². The number of rotatable bonds is 2. The van der Waals surface area contributed by atoms with E-state index >= 15 is 0 Å². The van der Waals surface area contributed by atoms with Gasteiger partial charge in [-0.1, -0.05) is 39.5 Å². The van der Waals surface area contributed by atoms with E-state index in [-0.39, 0.29) is 0 Å². The van der Waals surface area contributed by atoms with Gasteiger partial charge in [0.2, 0.25) is 0 Å². The van der Waals surface area contributed by atoms with Gasteiger partial charge in [0, 0.05) is 0 Å². The summed E-state index contributed by atoms with van der Waals surface area (Å²) in [6.07, 6.45) is 8.17. The van der Waals surface area contributed by atoms with Gasteiger partial charge >= 0.3 is 0 Å². The molecule has 0 saturated heterocycles. The summed E-state index contributed by atoms with van der Waals surface area (Å²) < 4.78 is 0. The van der Waals surface area contributed by atoms with E-state index in [0.29, 0.717) is 11.8 Å². The van der Waals surface area contributed by atoms with Gasteiger partial charge < -0.3 is 5.11 Å². The molecule has 2 aliphatic rings. The van der Waals surface area contributed by atoms with Gasteiger partial charge in [-0.15, -0.1) is 0 Å². The Balaban J connectivity index is 2.31. The number of aliphatic hydroxyl groups is 1. The summed E-state index contributed by atoms with van der Waals surface area (Å²) in [5.74, 6) is 0.929. The maximum atomic E-state index is 11.1. The summed E-state index contributed by atoms with van der Waals surface area (Å²) in [7, 11) is 0. The minimum Gasteiger partial charge on any atom is -0.388 e. The van der Waals surface area contributed by atoms with E-state index in [2.05, 4.69) is 19.9 Å². The molecule has 4 unspecified atom stereocenters. The molecule has 0 heterocycles. The molecule has 2 rings (SSSR count). The molecule has 2 aliphatic carbocycles. The van der Waals surface area contributed by atoms with Crippen LogP contribution in [0.4, 0.5) is 0 Å². The minimum atomic E-state index is -0.703. The Morgan fingerprint density at radius 2 is 2.00 bits per heavy atom. The standard InChI is InChI=1S/C15H25NO/c1-3-13-7-5-9-15(13,17)14(11-16)8-4-6-12(2)10-14/h12-13,17H,3-10H2,1-2H3. The summed E-state index contributed by atoms with van der Waals surface area (Å²) in [5.41, 5.74) is -1.16. The Morgan fingerprint density at radius 3 is 2.59 bits per heavy atom. The molecule has 2 fully saturated rings. The summed E-state index contributed by atoms with van der Waals surface area (Å²) in [6.45, 7) is 4.38. The molecule has 0 aliphatic heterocycles. The van der Waals surface area contributed by atoms with E-state index in [4.69, 9.17) is 0 Å². The maximum absolute atomic E-state index is 11.1. The third-order valence-electron chi connectivity index (χ3n) is 5.32. The molecule has 2 saturated carbocycles. The van der Waals surface area contributed by atoms with E-state index in [0.717, 1.165) is 44.9 Å². The van der Waals surface area contributed by atoms with Gasteiger partial charge in [-0.3, -0.25) is 0 Å². The molecule has 96 valence electrons. The molecule has 4 atom stereocenters. The number of hydrogen-bond donors (Lipinski definition) is 1. The molecular weight excluding hydrogens is 210 g/mol. The minimum absolute atomic E-state index is 0.340. The molecule has 0 amide bonds. The first kappa shape index (κ1) is 12.9. The zero-order valence-electron chi connectivity index (χ0n) is 11.2. The lowest BCUT2D eigenvalue weighted by molar-refractivity contribution is -0.108. The quantitative estimate of drug-likeness (QED) is 0.794. The van der Waals surface area contributed by atoms with Crippen molar-refractivity contribution in [1.29, 1.82) is 5.26 Å². The normalized spacial score (nSPS) is 46.7. The highest BCUT2D eigenvalue weighted by Crippen LogP contribution is 2.55. The third kappa shape index (κ3) is 1.89. The Kier molecular flexibility index (Phi) is 3.50. The van der Waals surface area contributed by atoms with Crippen molar-refractivity contribution in [3.63, 3.8) is 0 Å². The van der Waals surface area contributed by atoms with E-state index < -0.39 is 11.0 Å². The highest BCUT2D eigenvalue weighted by Gasteiger charge is 2.57. The van der Waals surface area contributed by atoms with Crippen molar-refractivity contribution in [1.82, 2.24) is 0 Å². The smallest absolute Gasteiger partial charge is 0.0865 e. The molecule has 0 aromatic rings. The fourth-order valence-corrected chi connectivity index (χ4v) is 4.38. The van der Waals surface area contributed by atoms with Crippen LogP contribution >= 0.6 is 0 Å². The van der Waals surface area contributed by atoms with E-state index in [9.17, 15) is 10.4 Å². The molecule has 0 radical (unpaired) electrons. The fourth-order valence-electron chi connectivity index (χ4n) is 4.38. The summed E-state index contributed by atoms with van der Waals surface area (Å²) in [5, 5.41) is 20.8. The number of nitrogens with zero attached hydrogens (tertiary/aromatic N) is 1. The van der Waals surface area contributed by atoms with Crippen molar-refractivity contribution < 1.29 is 5.11 Å². The molecule has 0 bridgehead atoms. The second-order valence-electron chi connectivity index (χ2n) is 6.32. The van der Waals surface area contributed by atoms with Crippen LogP contribution in [0.2, 0.25) is 0 Å². The molecule has 1 N–H and O–H groups in total. The van der Waals surface area contributed by atoms with Crippen LogP contribution in [0.3, 0.4) is 0 Å². The van der Waals surface area contributed by atoms with Crippen LogP contribution in [0.1, 0.15) is 65.2 Å². The number of hydrogen-bond acceptors (Lipinski definition) is 2. The average Bonchev–Trinajstić information content (AvgIpc) is 2.72. The van der Waals surface area contributed by atoms with Crippen molar-refractivity contribution in [2.45, 2.75) is 70.8 Å². The first-order valence-corrected chi connectivity index (χ1v) is 7.21. The number of nitriles is 1. The van der Waals surface area contributed by atoms with Crippen molar-refractivity contribution in [3.8, 4) is 6.07 Å². The Morgan fingerprint density at radius 1 is 1.29 bits per heavy atom. The molecule has 0 aromatic heterocycles. The van der Waals surface area contributed by atoms with Crippen LogP contribution in [0.5, 0.6) is 0 Å². The molecule has 0 spiro atoms. The second-order valence-corrected chi connectivity index (χ2v) is 6.32. The lowest BCUT2D eigenvalue weighted by Gasteiger charge is -2.47. The predicted octanol–water partition coefficient (Wildman–Crippen LogP) is 3.65. The summed E-state index contributed by atoms with van der Waals surface area (Å²) in [4.78, 5) is 0. The van der Waals surface area contributed by atoms with Gasteiger partial charge in [0.15, 0.2) is 0 Å². The molecule has 0 aromatic carbocycles. The predicted molar refractivity (Wildman–Crippen MR) is 68.3 cm³/mol. The zero-order valence-corrected chi connectivity index (χ0v) is 11.2. The van der Waals surface area contributed by atoms with E-state index in [1.807, 2.05) is 0 Å². The largest absolute Gasteiger partial charge is 0.388 e. The Labute approximate surface area is 105 Å². The van der Waals surface area contributed by atoms with Crippen molar-refractivity contribution in [2.24, 2.45) is 17.3 Å². The van der Waals surface area contributed by atoms with Gasteiger partial charge in [0.25, 0.3) is 0 Å². The molecule has 17 heavy (non-hydrogen) atoms. The van der Waals surface area contributed by atoms with Crippen LogP contribution in [-0.2, 0) is 0 Å². The van der Waals surface area contributed by atoms with Crippen molar-refractivity contribution in [2.75, 3.05) is 0 Å². The summed E-state index contributed by atoms with van der Waals surface area (Å²) >= 11 is 0. The lowest BCUT2D eigenvalue weighted by atomic mass is 9.58. The first-order valence-electron chi connectivity index (χ1n) is 7.21. The van der Waals surface area contributed by atoms with Gasteiger partial charge in [-0.25, -0.2) is 0 Å². The van der Waals surface area contributed by atoms with Crippen molar-refractivity contribution in [3.05, 3.63) is 0 Å². The topological polar surface area (TPSA) is 44.0 Å². The zero-order chi connectivity index (χ0) is 12.5.